The summed E-state index contributed by atoms with van der Waals surface area (Å²) >= 11 is 0. The zero-order valence-corrected chi connectivity index (χ0v) is 43.2. The summed E-state index contributed by atoms with van der Waals surface area (Å²) < 4.78 is 6.72. The molecule has 12 aromatic rings. The van der Waals surface area contributed by atoms with Gasteiger partial charge in [-0.25, -0.2) is 0 Å². The second-order valence-electron chi connectivity index (χ2n) is 20.4. The molecule has 3 nitrogen and oxygen atoms in total. The molecular formula is C73H56N2O. The van der Waals surface area contributed by atoms with Gasteiger partial charge in [-0.2, -0.15) is 0 Å². The van der Waals surface area contributed by atoms with Crippen LogP contribution in [0, 0.1) is 0 Å². The minimum Gasteiger partial charge on any atom is -0.455 e. The molecule has 0 amide bonds. The molecule has 0 unspecified atom stereocenters. The van der Waals surface area contributed by atoms with Crippen LogP contribution in [0.25, 0.3) is 82.8 Å². The Morgan fingerprint density at radius 1 is 0.395 bits per heavy atom. The van der Waals surface area contributed by atoms with Crippen molar-refractivity contribution in [3.05, 3.63) is 284 Å². The van der Waals surface area contributed by atoms with Crippen LogP contribution in [0.4, 0.5) is 34.1 Å². The maximum atomic E-state index is 6.72. The summed E-state index contributed by atoms with van der Waals surface area (Å²) in [6.07, 6.45) is 6.44. The molecule has 1 heterocycles. The first kappa shape index (κ1) is 46.4. The molecule has 3 heteroatoms. The van der Waals surface area contributed by atoms with Crippen LogP contribution in [0.5, 0.6) is 0 Å². The Labute approximate surface area is 445 Å². The standard InChI is InChI=1S/C73H56N2O/c1-5-20-49(6-2)50-35-38-59(39-36-50)74(57-26-9-7-10-27-57)61-45-56(46-62(47-61)75(58-28-11-8-12-29-58)60-40-41-66-65-31-15-16-34-68(65)73(3,4)69(66)48-60)54-24-17-22-52(43-54)53-23-18-25-55(44-53)64-32-19-33-67-71-63-30-14-13-21-51(63)37-42-70(71)76-72(64)67/h5-48H,1-4H3/b20-5-,49-6+. The number of para-hydroxylation sites is 3. The van der Waals surface area contributed by atoms with Crippen LogP contribution in [0.15, 0.2) is 271 Å². The number of rotatable bonds is 11. The summed E-state index contributed by atoms with van der Waals surface area (Å²) in [4.78, 5) is 4.82. The maximum Gasteiger partial charge on any atom is 0.143 e. The lowest BCUT2D eigenvalue weighted by molar-refractivity contribution is 0.660. The summed E-state index contributed by atoms with van der Waals surface area (Å²) in [6, 6.07) is 90.8. The molecule has 0 N–H and O–H groups in total. The van der Waals surface area contributed by atoms with Crippen molar-refractivity contribution in [3.8, 4) is 44.5 Å². The first-order valence-electron chi connectivity index (χ1n) is 26.4. The van der Waals surface area contributed by atoms with Crippen LogP contribution >= 0.6 is 0 Å². The van der Waals surface area contributed by atoms with Gasteiger partial charge >= 0.3 is 0 Å². The Balaban J connectivity index is 0.980. The highest BCUT2D eigenvalue weighted by atomic mass is 16.3. The van der Waals surface area contributed by atoms with Gasteiger partial charge in [-0.3, -0.25) is 0 Å². The fourth-order valence-corrected chi connectivity index (χ4v) is 11.8. The van der Waals surface area contributed by atoms with Crippen molar-refractivity contribution in [3.63, 3.8) is 0 Å². The van der Waals surface area contributed by atoms with Gasteiger partial charge < -0.3 is 14.2 Å². The Bertz CT molecular complexity index is 4220. The van der Waals surface area contributed by atoms with Crippen LogP contribution in [0.1, 0.15) is 44.4 Å². The van der Waals surface area contributed by atoms with E-state index in [4.69, 9.17) is 4.42 Å². The molecule has 13 rings (SSSR count). The lowest BCUT2D eigenvalue weighted by atomic mass is 9.82. The second kappa shape index (κ2) is 19.1. The molecular weight excluding hydrogens is 921 g/mol. The smallest absolute Gasteiger partial charge is 0.143 e. The largest absolute Gasteiger partial charge is 0.455 e. The highest BCUT2D eigenvalue weighted by Gasteiger charge is 2.36. The zero-order valence-electron chi connectivity index (χ0n) is 43.2. The van der Waals surface area contributed by atoms with Gasteiger partial charge in [-0.1, -0.05) is 196 Å². The lowest BCUT2D eigenvalue weighted by Gasteiger charge is -2.31. The van der Waals surface area contributed by atoms with E-state index >= 15 is 0 Å². The van der Waals surface area contributed by atoms with Crippen LogP contribution in [0.2, 0.25) is 0 Å². The fraction of sp³-hybridized carbons (Fsp3) is 0.0685. The predicted molar refractivity (Wildman–Crippen MR) is 323 cm³/mol. The first-order valence-corrected chi connectivity index (χ1v) is 26.4. The van der Waals surface area contributed by atoms with Crippen molar-refractivity contribution < 1.29 is 4.42 Å². The number of hydrogen-bond acceptors (Lipinski definition) is 3. The Hall–Kier alpha value is -9.44. The molecule has 0 fully saturated rings. The highest BCUT2D eigenvalue weighted by molar-refractivity contribution is 6.20. The van der Waals surface area contributed by atoms with E-state index < -0.39 is 0 Å². The van der Waals surface area contributed by atoms with Crippen molar-refractivity contribution in [1.82, 2.24) is 0 Å². The molecule has 0 spiro atoms. The van der Waals surface area contributed by atoms with E-state index in [0.29, 0.717) is 0 Å². The average molecular weight is 977 g/mol. The Kier molecular flexibility index (Phi) is 11.7. The highest BCUT2D eigenvalue weighted by Crippen LogP contribution is 2.52. The van der Waals surface area contributed by atoms with Crippen LogP contribution in [-0.2, 0) is 5.41 Å². The third-order valence-corrected chi connectivity index (χ3v) is 15.5. The third-order valence-electron chi connectivity index (χ3n) is 15.5. The quantitative estimate of drug-likeness (QED) is 0.120. The van der Waals surface area contributed by atoms with Crippen molar-refractivity contribution in [2.75, 3.05) is 9.80 Å². The van der Waals surface area contributed by atoms with Crippen LogP contribution in [0.3, 0.4) is 0 Å². The van der Waals surface area contributed by atoms with Gasteiger partial charge in [-0.15, -0.1) is 0 Å². The normalized spacial score (nSPS) is 12.9. The monoisotopic (exact) mass is 976 g/mol. The summed E-state index contributed by atoms with van der Waals surface area (Å²) in [5.41, 5.74) is 22.4. The predicted octanol–water partition coefficient (Wildman–Crippen LogP) is 21.0. The van der Waals surface area contributed by atoms with Gasteiger partial charge in [0, 0.05) is 55.9 Å². The lowest BCUT2D eigenvalue weighted by Crippen LogP contribution is -2.17. The number of nitrogens with zero attached hydrogens (tertiary/aromatic N) is 2. The number of furan rings is 1. The molecule has 0 atom stereocenters. The third kappa shape index (κ3) is 8.09. The van der Waals surface area contributed by atoms with Gasteiger partial charge in [0.25, 0.3) is 0 Å². The molecule has 0 saturated carbocycles. The molecule has 1 aromatic heterocycles. The van der Waals surface area contributed by atoms with E-state index in [1.54, 1.807) is 0 Å². The van der Waals surface area contributed by atoms with Crippen LogP contribution in [-0.4, -0.2) is 0 Å². The molecule has 1 aliphatic rings. The SMILES string of the molecule is C/C=C\C(=C/C)c1ccc(N(c2ccccc2)c2cc(-c3cccc(-c4cccc(-c5cccc6c5oc5ccc7ccccc7c56)c4)c3)cc(N(c3ccccc3)c3ccc4c(c3)C(C)(C)c3ccccc3-4)c2)cc1. The number of anilines is 6. The molecule has 364 valence electrons. The van der Waals surface area contributed by atoms with Crippen molar-refractivity contribution in [1.29, 1.82) is 0 Å². The molecule has 0 saturated heterocycles. The Morgan fingerprint density at radius 2 is 0.947 bits per heavy atom. The van der Waals surface area contributed by atoms with Crippen molar-refractivity contribution >= 4 is 72.4 Å². The van der Waals surface area contributed by atoms with E-state index in [-0.39, 0.29) is 5.41 Å². The Morgan fingerprint density at radius 3 is 1.66 bits per heavy atom. The molecule has 0 aliphatic heterocycles. The number of benzene rings is 11. The van der Waals surface area contributed by atoms with E-state index in [1.807, 2.05) is 0 Å². The summed E-state index contributed by atoms with van der Waals surface area (Å²) in [5.74, 6) is 0. The van der Waals surface area contributed by atoms with Gasteiger partial charge in [-0.05, 0) is 171 Å². The minimum atomic E-state index is -0.168. The zero-order chi connectivity index (χ0) is 51.3. The molecule has 0 radical (unpaired) electrons. The topological polar surface area (TPSA) is 19.6 Å². The fourth-order valence-electron chi connectivity index (χ4n) is 11.8. The average Bonchev–Trinajstić information content (AvgIpc) is 3.99. The number of hydrogen-bond donors (Lipinski definition) is 0. The van der Waals surface area contributed by atoms with Gasteiger partial charge in [0.05, 0.1) is 0 Å². The summed E-state index contributed by atoms with van der Waals surface area (Å²) in [7, 11) is 0. The van der Waals surface area contributed by atoms with Crippen molar-refractivity contribution in [2.24, 2.45) is 0 Å². The maximum absolute atomic E-state index is 6.72. The summed E-state index contributed by atoms with van der Waals surface area (Å²) in [5, 5.41) is 4.70. The number of fused-ring (bicyclic) bond motifs is 8. The van der Waals surface area contributed by atoms with Crippen LogP contribution < -0.4 is 9.80 Å². The molecule has 1 aliphatic carbocycles. The van der Waals surface area contributed by atoms with E-state index in [0.717, 1.165) is 89.4 Å². The number of allylic oxidation sites excluding steroid dienone is 4. The van der Waals surface area contributed by atoms with Gasteiger partial charge in [0.15, 0.2) is 0 Å². The van der Waals surface area contributed by atoms with E-state index in [1.165, 1.54) is 44.2 Å². The van der Waals surface area contributed by atoms with E-state index in [9.17, 15) is 0 Å². The van der Waals surface area contributed by atoms with Gasteiger partial charge in [0.2, 0.25) is 0 Å². The van der Waals surface area contributed by atoms with Gasteiger partial charge in [0.1, 0.15) is 11.2 Å². The van der Waals surface area contributed by atoms with E-state index in [2.05, 4.69) is 304 Å². The molecule has 11 aromatic carbocycles. The molecule has 0 bridgehead atoms. The summed E-state index contributed by atoms with van der Waals surface area (Å²) in [6.45, 7) is 8.88. The van der Waals surface area contributed by atoms with Crippen molar-refractivity contribution in [2.45, 2.75) is 33.1 Å². The molecule has 76 heavy (non-hydrogen) atoms. The first-order chi connectivity index (χ1) is 37.3. The second-order valence-corrected chi connectivity index (χ2v) is 20.4. The minimum absolute atomic E-state index is 0.168.